The van der Waals surface area contributed by atoms with Gasteiger partial charge in [0.15, 0.2) is 0 Å². The Morgan fingerprint density at radius 2 is 1.54 bits per heavy atom. The van der Waals surface area contributed by atoms with Gasteiger partial charge in [-0.05, 0) is 36.0 Å². The molecule has 2 atom stereocenters. The topological polar surface area (TPSA) is 114 Å². The Morgan fingerprint density at radius 3 is 2.08 bits per heavy atom. The maximum Gasteiger partial charge on any atom is 0.301 e. The standard InChI is InChI=1S/C30H33N5O4/c1-22-16-28(33(20-23-10-6-4-7-11-23)21-24-12-8-5-9-13-24)26(30(2,3)18-22)19-31-32-27-15-14-25(34(36)37)17-29(27)35(38)39/h4-17,19,26,28,32H,18,20-21H2,1-3H3/b31-19+/t26-,28+/m0/s1. The van der Waals surface area contributed by atoms with Crippen LogP contribution in [-0.2, 0) is 13.1 Å². The highest BCUT2D eigenvalue weighted by Gasteiger charge is 2.40. The molecule has 1 aliphatic rings. The number of nitrogens with one attached hydrogen (secondary N) is 1. The summed E-state index contributed by atoms with van der Waals surface area (Å²) in [6, 6.07) is 24.2. The fraction of sp³-hybridized carbons (Fsp3) is 0.300. The third-order valence-corrected chi connectivity index (χ3v) is 7.15. The molecule has 0 unspecified atom stereocenters. The van der Waals surface area contributed by atoms with E-state index in [0.717, 1.165) is 25.6 Å². The molecule has 0 aromatic heterocycles. The van der Waals surface area contributed by atoms with Crippen molar-refractivity contribution < 1.29 is 9.85 Å². The molecule has 0 fully saturated rings. The van der Waals surface area contributed by atoms with Crippen LogP contribution in [0.4, 0.5) is 17.1 Å². The zero-order valence-corrected chi connectivity index (χ0v) is 22.4. The molecular formula is C30H33N5O4. The van der Waals surface area contributed by atoms with Crippen LogP contribution in [0.15, 0.2) is 95.6 Å². The van der Waals surface area contributed by atoms with Gasteiger partial charge >= 0.3 is 5.69 Å². The number of hydrazone groups is 1. The van der Waals surface area contributed by atoms with E-state index >= 15 is 0 Å². The Kier molecular flexibility index (Phi) is 8.51. The lowest BCUT2D eigenvalue weighted by molar-refractivity contribution is -0.393. The predicted octanol–water partition coefficient (Wildman–Crippen LogP) is 6.96. The average molecular weight is 528 g/mol. The second-order valence-electron chi connectivity index (χ2n) is 10.7. The summed E-state index contributed by atoms with van der Waals surface area (Å²) in [4.78, 5) is 23.8. The van der Waals surface area contributed by atoms with Gasteiger partial charge in [0.1, 0.15) is 5.69 Å². The molecular weight excluding hydrogens is 494 g/mol. The van der Waals surface area contributed by atoms with Crippen molar-refractivity contribution in [1.82, 2.24) is 4.90 Å². The van der Waals surface area contributed by atoms with Crippen molar-refractivity contribution >= 4 is 23.3 Å². The molecule has 0 amide bonds. The fourth-order valence-electron chi connectivity index (χ4n) is 5.34. The van der Waals surface area contributed by atoms with Gasteiger partial charge in [0, 0.05) is 37.3 Å². The summed E-state index contributed by atoms with van der Waals surface area (Å²) in [6.07, 6.45) is 5.03. The van der Waals surface area contributed by atoms with Crippen molar-refractivity contribution in [3.8, 4) is 0 Å². The third-order valence-electron chi connectivity index (χ3n) is 7.15. The number of anilines is 1. The number of nitro benzene ring substituents is 2. The SMILES string of the molecule is CC1=C[C@@H](N(Cc2ccccc2)Cc2ccccc2)[C@H](/C=N/Nc2ccc([N+](=O)[O-])cc2[N+](=O)[O-])C(C)(C)C1. The van der Waals surface area contributed by atoms with Crippen molar-refractivity contribution in [2.75, 3.05) is 5.43 Å². The van der Waals surface area contributed by atoms with Gasteiger partial charge < -0.3 is 0 Å². The first-order valence-corrected chi connectivity index (χ1v) is 12.9. The van der Waals surface area contributed by atoms with Crippen molar-refractivity contribution in [1.29, 1.82) is 0 Å². The zero-order valence-electron chi connectivity index (χ0n) is 22.4. The van der Waals surface area contributed by atoms with E-state index in [9.17, 15) is 20.2 Å². The number of nitro groups is 2. The molecule has 3 aromatic carbocycles. The first-order chi connectivity index (χ1) is 18.6. The first kappa shape index (κ1) is 27.7. The second kappa shape index (κ2) is 12.0. The summed E-state index contributed by atoms with van der Waals surface area (Å²) in [6.45, 7) is 8.07. The van der Waals surface area contributed by atoms with Gasteiger partial charge in [0.2, 0.25) is 0 Å². The van der Waals surface area contributed by atoms with Crippen LogP contribution in [0.25, 0.3) is 0 Å². The number of benzene rings is 3. The smallest absolute Gasteiger partial charge is 0.288 e. The second-order valence-corrected chi connectivity index (χ2v) is 10.7. The first-order valence-electron chi connectivity index (χ1n) is 12.9. The molecule has 3 aromatic rings. The number of hydrogen-bond donors (Lipinski definition) is 1. The highest BCUT2D eigenvalue weighted by Crippen LogP contribution is 2.42. The Balaban J connectivity index is 1.66. The molecule has 0 saturated heterocycles. The summed E-state index contributed by atoms with van der Waals surface area (Å²) in [5, 5.41) is 27.1. The maximum atomic E-state index is 11.6. The summed E-state index contributed by atoms with van der Waals surface area (Å²) in [5.74, 6) is -0.0155. The highest BCUT2D eigenvalue weighted by molar-refractivity contribution is 5.69. The summed E-state index contributed by atoms with van der Waals surface area (Å²) in [7, 11) is 0. The van der Waals surface area contributed by atoms with E-state index in [-0.39, 0.29) is 28.7 Å². The largest absolute Gasteiger partial charge is 0.301 e. The van der Waals surface area contributed by atoms with Crippen molar-refractivity contribution in [2.24, 2.45) is 16.4 Å². The van der Waals surface area contributed by atoms with Gasteiger partial charge in [-0.15, -0.1) is 0 Å². The summed E-state index contributed by atoms with van der Waals surface area (Å²) in [5.41, 5.74) is 5.72. The Morgan fingerprint density at radius 1 is 0.949 bits per heavy atom. The van der Waals surface area contributed by atoms with Crippen LogP contribution in [0.5, 0.6) is 0 Å². The van der Waals surface area contributed by atoms with Gasteiger partial charge in [-0.1, -0.05) is 86.2 Å². The minimum absolute atomic E-state index is 0.0155. The number of allylic oxidation sites excluding steroid dienone is 1. The Bertz CT molecular complexity index is 1330. The molecule has 0 radical (unpaired) electrons. The van der Waals surface area contributed by atoms with Gasteiger partial charge in [0.25, 0.3) is 5.69 Å². The minimum atomic E-state index is -0.655. The molecule has 0 saturated carbocycles. The van der Waals surface area contributed by atoms with Crippen LogP contribution in [-0.4, -0.2) is 27.0 Å². The fourth-order valence-corrected chi connectivity index (χ4v) is 5.34. The van der Waals surface area contributed by atoms with Gasteiger partial charge in [-0.3, -0.25) is 30.6 Å². The van der Waals surface area contributed by atoms with Crippen LogP contribution >= 0.6 is 0 Å². The van der Waals surface area contributed by atoms with E-state index in [1.807, 2.05) is 42.6 Å². The molecule has 0 aliphatic heterocycles. The van der Waals surface area contributed by atoms with E-state index in [0.29, 0.717) is 0 Å². The number of hydrogen-bond acceptors (Lipinski definition) is 7. The van der Waals surface area contributed by atoms with Gasteiger partial charge in [-0.2, -0.15) is 5.10 Å². The number of non-ortho nitro benzene ring substituents is 1. The van der Waals surface area contributed by atoms with Crippen molar-refractivity contribution in [3.63, 3.8) is 0 Å². The lowest BCUT2D eigenvalue weighted by atomic mass is 9.67. The molecule has 1 aliphatic carbocycles. The third kappa shape index (κ3) is 6.94. The molecule has 202 valence electrons. The maximum absolute atomic E-state index is 11.6. The predicted molar refractivity (Wildman–Crippen MR) is 153 cm³/mol. The molecule has 9 nitrogen and oxygen atoms in total. The molecule has 39 heavy (non-hydrogen) atoms. The Hall–Kier alpha value is -4.37. The minimum Gasteiger partial charge on any atom is -0.288 e. The highest BCUT2D eigenvalue weighted by atomic mass is 16.6. The van der Waals surface area contributed by atoms with Crippen LogP contribution in [0.3, 0.4) is 0 Å². The molecule has 0 spiro atoms. The molecule has 0 heterocycles. The van der Waals surface area contributed by atoms with E-state index in [2.05, 4.69) is 66.5 Å². The van der Waals surface area contributed by atoms with E-state index in [4.69, 9.17) is 0 Å². The summed E-state index contributed by atoms with van der Waals surface area (Å²) < 4.78 is 0. The normalized spacial score (nSPS) is 18.6. The van der Waals surface area contributed by atoms with Crippen molar-refractivity contribution in [3.05, 3.63) is 122 Å². The monoisotopic (exact) mass is 527 g/mol. The van der Waals surface area contributed by atoms with E-state index in [1.165, 1.54) is 28.8 Å². The van der Waals surface area contributed by atoms with Gasteiger partial charge in [-0.25, -0.2) is 0 Å². The number of rotatable bonds is 10. The van der Waals surface area contributed by atoms with E-state index in [1.54, 1.807) is 0 Å². The molecule has 1 N–H and O–H groups in total. The average Bonchev–Trinajstić information content (AvgIpc) is 2.90. The Labute approximate surface area is 228 Å². The van der Waals surface area contributed by atoms with Crippen LogP contribution < -0.4 is 5.43 Å². The van der Waals surface area contributed by atoms with Crippen LogP contribution in [0, 0.1) is 31.6 Å². The van der Waals surface area contributed by atoms with Gasteiger partial charge in [0.05, 0.1) is 15.9 Å². The van der Waals surface area contributed by atoms with Crippen LogP contribution in [0.2, 0.25) is 0 Å². The van der Waals surface area contributed by atoms with Crippen molar-refractivity contribution in [2.45, 2.75) is 46.3 Å². The molecule has 9 heteroatoms. The number of nitrogens with zero attached hydrogens (tertiary/aromatic N) is 4. The summed E-state index contributed by atoms with van der Waals surface area (Å²) >= 11 is 0. The quantitative estimate of drug-likeness (QED) is 0.132. The van der Waals surface area contributed by atoms with E-state index < -0.39 is 15.5 Å². The van der Waals surface area contributed by atoms with Crippen LogP contribution in [0.1, 0.15) is 38.3 Å². The molecule has 4 rings (SSSR count). The lowest BCUT2D eigenvalue weighted by Crippen LogP contribution is -2.47. The lowest BCUT2D eigenvalue weighted by Gasteiger charge is -2.45. The molecule has 0 bridgehead atoms. The zero-order chi connectivity index (χ0) is 28.0.